The molecule has 0 saturated carbocycles. The highest BCUT2D eigenvalue weighted by molar-refractivity contribution is 9.10. The normalized spacial score (nSPS) is 16.5. The van der Waals surface area contributed by atoms with Gasteiger partial charge in [0.2, 0.25) is 5.91 Å². The number of benzene rings is 1. The van der Waals surface area contributed by atoms with Gasteiger partial charge in [0.25, 0.3) is 0 Å². The molecule has 0 radical (unpaired) electrons. The lowest BCUT2D eigenvalue weighted by molar-refractivity contribution is -0.114. The molecular weight excluding hydrogens is 315 g/mol. The monoisotopic (exact) mass is 330 g/mol. The molecule has 0 aliphatic carbocycles. The number of aliphatic hydroxyl groups is 1. The van der Waals surface area contributed by atoms with E-state index in [2.05, 4.69) is 21.2 Å². The summed E-state index contributed by atoms with van der Waals surface area (Å²) >= 11 is 3.23. The Balaban J connectivity index is 2.26. The van der Waals surface area contributed by atoms with Crippen molar-refractivity contribution in [3.63, 3.8) is 0 Å². The quantitative estimate of drug-likeness (QED) is 0.876. The largest absolute Gasteiger partial charge is 0.393 e. The van der Waals surface area contributed by atoms with E-state index in [-0.39, 0.29) is 17.8 Å². The first-order valence-electron chi connectivity index (χ1n) is 6.17. The first-order chi connectivity index (χ1) is 8.97. The third-order valence-electron chi connectivity index (χ3n) is 3.15. The van der Waals surface area contributed by atoms with Crippen LogP contribution in [0, 0.1) is 5.82 Å². The zero-order valence-corrected chi connectivity index (χ0v) is 12.2. The molecule has 1 aliphatic heterocycles. The molecule has 1 aliphatic rings. The summed E-state index contributed by atoms with van der Waals surface area (Å²) < 4.78 is 14.5. The van der Waals surface area contributed by atoms with E-state index in [9.17, 15) is 14.3 Å². The van der Waals surface area contributed by atoms with Gasteiger partial charge in [0.1, 0.15) is 5.82 Å². The van der Waals surface area contributed by atoms with Crippen LogP contribution < -0.4 is 10.2 Å². The summed E-state index contributed by atoms with van der Waals surface area (Å²) in [4.78, 5) is 13.0. The van der Waals surface area contributed by atoms with Crippen molar-refractivity contribution in [2.75, 3.05) is 23.3 Å². The second kappa shape index (κ2) is 5.88. The average molecular weight is 331 g/mol. The first-order valence-corrected chi connectivity index (χ1v) is 6.96. The molecule has 1 aromatic carbocycles. The molecule has 1 heterocycles. The number of hydrogen-bond donors (Lipinski definition) is 2. The lowest BCUT2D eigenvalue weighted by Crippen LogP contribution is -2.36. The average Bonchev–Trinajstić information content (AvgIpc) is 2.33. The molecule has 6 heteroatoms. The predicted molar refractivity (Wildman–Crippen MR) is 75.9 cm³/mol. The number of halogens is 2. The van der Waals surface area contributed by atoms with E-state index in [4.69, 9.17) is 0 Å². The number of rotatable bonds is 2. The lowest BCUT2D eigenvalue weighted by Gasteiger charge is -2.32. The molecule has 4 nitrogen and oxygen atoms in total. The number of nitrogens with one attached hydrogen (secondary N) is 1. The van der Waals surface area contributed by atoms with Crippen LogP contribution in [0.3, 0.4) is 0 Å². The molecule has 1 saturated heterocycles. The van der Waals surface area contributed by atoms with E-state index in [1.807, 2.05) is 4.90 Å². The Labute approximate surface area is 119 Å². The maximum Gasteiger partial charge on any atom is 0.221 e. The Morgan fingerprint density at radius 2 is 2.11 bits per heavy atom. The summed E-state index contributed by atoms with van der Waals surface area (Å²) in [7, 11) is 0. The summed E-state index contributed by atoms with van der Waals surface area (Å²) in [5.74, 6) is -0.537. The summed E-state index contributed by atoms with van der Waals surface area (Å²) in [5, 5.41) is 12.1. The number of amides is 1. The van der Waals surface area contributed by atoms with Gasteiger partial charge in [-0.25, -0.2) is 4.39 Å². The first kappa shape index (κ1) is 14.3. The zero-order valence-electron chi connectivity index (χ0n) is 10.6. The van der Waals surface area contributed by atoms with Crippen molar-refractivity contribution >= 4 is 33.2 Å². The summed E-state index contributed by atoms with van der Waals surface area (Å²) in [6.07, 6.45) is 0.959. The number of piperidine rings is 1. The highest BCUT2D eigenvalue weighted by Crippen LogP contribution is 2.32. The molecule has 0 spiro atoms. The minimum atomic E-state index is -0.336. The van der Waals surface area contributed by atoms with Crippen LogP contribution in [0.1, 0.15) is 19.8 Å². The van der Waals surface area contributed by atoms with Crippen LogP contribution in [0.2, 0.25) is 0 Å². The molecule has 2 rings (SSSR count). The fraction of sp³-hybridized carbons (Fsp3) is 0.462. The minimum Gasteiger partial charge on any atom is -0.393 e. The van der Waals surface area contributed by atoms with E-state index in [1.165, 1.54) is 13.0 Å². The van der Waals surface area contributed by atoms with Gasteiger partial charge >= 0.3 is 0 Å². The standard InChI is InChI=1S/C13H16BrFN2O2/c1-8(18)16-12-7-13(11(15)6-10(12)14)17-4-2-9(19)3-5-17/h6-7,9,19H,2-5H2,1H3,(H,16,18). The Bertz CT molecular complexity index is 488. The summed E-state index contributed by atoms with van der Waals surface area (Å²) in [6, 6.07) is 2.98. The van der Waals surface area contributed by atoms with Crippen LogP contribution in [-0.4, -0.2) is 30.2 Å². The molecule has 1 aromatic rings. The predicted octanol–water partition coefficient (Wildman–Crippen LogP) is 2.51. The smallest absolute Gasteiger partial charge is 0.221 e. The number of carbonyl (C=O) groups excluding carboxylic acids is 1. The number of anilines is 2. The van der Waals surface area contributed by atoms with E-state index >= 15 is 0 Å². The molecule has 2 N–H and O–H groups in total. The van der Waals surface area contributed by atoms with Crippen LogP contribution in [0.5, 0.6) is 0 Å². The Kier molecular flexibility index (Phi) is 4.42. The third-order valence-corrected chi connectivity index (χ3v) is 3.81. The number of nitrogens with zero attached hydrogens (tertiary/aromatic N) is 1. The van der Waals surface area contributed by atoms with Gasteiger partial charge in [0.05, 0.1) is 17.5 Å². The molecule has 1 amide bonds. The fourth-order valence-corrected chi connectivity index (χ4v) is 2.59. The molecule has 104 valence electrons. The molecule has 19 heavy (non-hydrogen) atoms. The molecule has 1 fully saturated rings. The van der Waals surface area contributed by atoms with Crippen LogP contribution in [-0.2, 0) is 4.79 Å². The maximum absolute atomic E-state index is 14.0. The molecular formula is C13H16BrFN2O2. The summed E-state index contributed by atoms with van der Waals surface area (Å²) in [5.41, 5.74) is 1.01. The topological polar surface area (TPSA) is 52.6 Å². The van der Waals surface area contributed by atoms with Gasteiger partial charge in [-0.1, -0.05) is 0 Å². The Hall–Kier alpha value is -1.14. The van der Waals surface area contributed by atoms with E-state index in [0.717, 1.165) is 0 Å². The molecule has 0 atom stereocenters. The van der Waals surface area contributed by atoms with Crippen molar-refractivity contribution in [3.8, 4) is 0 Å². The number of aliphatic hydroxyl groups excluding tert-OH is 1. The minimum absolute atomic E-state index is 0.202. The van der Waals surface area contributed by atoms with Gasteiger partial charge < -0.3 is 15.3 Å². The van der Waals surface area contributed by atoms with Crippen LogP contribution in [0.15, 0.2) is 16.6 Å². The Morgan fingerprint density at radius 1 is 1.47 bits per heavy atom. The fourth-order valence-electron chi connectivity index (χ4n) is 2.17. The zero-order chi connectivity index (χ0) is 14.0. The SMILES string of the molecule is CC(=O)Nc1cc(N2CCC(O)CC2)c(F)cc1Br. The molecule has 0 unspecified atom stereocenters. The van der Waals surface area contributed by atoms with Gasteiger partial charge in [-0.15, -0.1) is 0 Å². The van der Waals surface area contributed by atoms with E-state index in [0.29, 0.717) is 41.8 Å². The van der Waals surface area contributed by atoms with Crippen molar-refractivity contribution in [1.82, 2.24) is 0 Å². The molecule has 0 aromatic heterocycles. The highest BCUT2D eigenvalue weighted by atomic mass is 79.9. The maximum atomic E-state index is 14.0. The van der Waals surface area contributed by atoms with Crippen LogP contribution in [0.25, 0.3) is 0 Å². The van der Waals surface area contributed by atoms with Crippen molar-refractivity contribution in [2.24, 2.45) is 0 Å². The highest BCUT2D eigenvalue weighted by Gasteiger charge is 2.21. The van der Waals surface area contributed by atoms with Gasteiger partial charge in [-0.2, -0.15) is 0 Å². The summed E-state index contributed by atoms with van der Waals surface area (Å²) in [6.45, 7) is 2.63. The van der Waals surface area contributed by atoms with Crippen molar-refractivity contribution in [2.45, 2.75) is 25.9 Å². The van der Waals surface area contributed by atoms with Gasteiger partial charge in [-0.3, -0.25) is 4.79 Å². The molecule has 0 bridgehead atoms. The van der Waals surface area contributed by atoms with Crippen molar-refractivity contribution < 1.29 is 14.3 Å². The van der Waals surface area contributed by atoms with Crippen LogP contribution >= 0.6 is 15.9 Å². The second-order valence-corrected chi connectivity index (χ2v) is 5.54. The number of hydrogen-bond acceptors (Lipinski definition) is 3. The second-order valence-electron chi connectivity index (χ2n) is 4.68. The Morgan fingerprint density at radius 3 is 2.68 bits per heavy atom. The van der Waals surface area contributed by atoms with Crippen molar-refractivity contribution in [3.05, 3.63) is 22.4 Å². The third kappa shape index (κ3) is 3.45. The van der Waals surface area contributed by atoms with E-state index < -0.39 is 0 Å². The van der Waals surface area contributed by atoms with Gasteiger partial charge in [-0.05, 0) is 40.9 Å². The van der Waals surface area contributed by atoms with Gasteiger partial charge in [0.15, 0.2) is 0 Å². The van der Waals surface area contributed by atoms with Crippen LogP contribution in [0.4, 0.5) is 15.8 Å². The lowest BCUT2D eigenvalue weighted by atomic mass is 10.1. The van der Waals surface area contributed by atoms with Gasteiger partial charge in [0, 0.05) is 24.5 Å². The van der Waals surface area contributed by atoms with E-state index in [1.54, 1.807) is 6.07 Å². The number of carbonyl (C=O) groups is 1. The van der Waals surface area contributed by atoms with Crippen molar-refractivity contribution in [1.29, 1.82) is 0 Å².